The molecule has 1 heterocycles. The molecule has 0 radical (unpaired) electrons. The van der Waals surface area contributed by atoms with Crippen LogP contribution in [-0.2, 0) is 0 Å². The van der Waals surface area contributed by atoms with Crippen molar-refractivity contribution >= 4 is 17.7 Å². The average Bonchev–Trinajstić information content (AvgIpc) is 2.36. The van der Waals surface area contributed by atoms with Gasteiger partial charge in [0.15, 0.2) is 0 Å². The molecule has 1 aromatic rings. The lowest BCUT2D eigenvalue weighted by molar-refractivity contribution is 0.0934. The number of thioether (sulfide) groups is 1. The predicted octanol–water partition coefficient (Wildman–Crippen LogP) is 1.82. The lowest BCUT2D eigenvalue weighted by Crippen LogP contribution is -2.33. The van der Waals surface area contributed by atoms with Crippen molar-refractivity contribution < 1.29 is 4.79 Å². The van der Waals surface area contributed by atoms with Crippen molar-refractivity contribution in [1.29, 1.82) is 5.26 Å². The zero-order valence-corrected chi connectivity index (χ0v) is 10.8. The van der Waals surface area contributed by atoms with E-state index >= 15 is 0 Å². The number of hydrogen-bond donors (Lipinski definition) is 1. The Bertz CT molecular complexity index is 411. The second-order valence-electron chi connectivity index (χ2n) is 3.70. The van der Waals surface area contributed by atoms with E-state index in [0.717, 1.165) is 12.2 Å². The zero-order valence-electron chi connectivity index (χ0n) is 9.93. The van der Waals surface area contributed by atoms with Gasteiger partial charge < -0.3 is 5.32 Å². The quantitative estimate of drug-likeness (QED) is 0.864. The van der Waals surface area contributed by atoms with Gasteiger partial charge in [0.25, 0.3) is 5.91 Å². The summed E-state index contributed by atoms with van der Waals surface area (Å²) in [6.07, 6.45) is 4.38. The number of rotatable bonds is 5. The number of carbonyl (C=O) groups excluding carboxylic acids is 1. The first kappa shape index (κ1) is 13.5. The van der Waals surface area contributed by atoms with Gasteiger partial charge in [0.2, 0.25) is 0 Å². The fourth-order valence-electron chi connectivity index (χ4n) is 1.26. The molecule has 0 saturated heterocycles. The molecule has 17 heavy (non-hydrogen) atoms. The summed E-state index contributed by atoms with van der Waals surface area (Å²) in [4.78, 5) is 15.7. The van der Waals surface area contributed by atoms with E-state index in [0.29, 0.717) is 11.3 Å². The molecule has 0 aromatic carbocycles. The Hall–Kier alpha value is -1.54. The third-order valence-electron chi connectivity index (χ3n) is 2.26. The summed E-state index contributed by atoms with van der Waals surface area (Å²) in [6.45, 7) is 1.97. The van der Waals surface area contributed by atoms with Gasteiger partial charge in [-0.15, -0.1) is 0 Å². The maximum atomic E-state index is 11.8. The van der Waals surface area contributed by atoms with Crippen molar-refractivity contribution in [3.05, 3.63) is 29.6 Å². The van der Waals surface area contributed by atoms with Crippen LogP contribution >= 0.6 is 11.8 Å². The van der Waals surface area contributed by atoms with E-state index in [4.69, 9.17) is 5.26 Å². The largest absolute Gasteiger partial charge is 0.348 e. The Balaban J connectivity index is 2.54. The minimum absolute atomic E-state index is 0.132. The van der Waals surface area contributed by atoms with E-state index < -0.39 is 0 Å². The van der Waals surface area contributed by atoms with Crippen molar-refractivity contribution in [3.8, 4) is 6.07 Å². The van der Waals surface area contributed by atoms with Gasteiger partial charge >= 0.3 is 0 Å². The molecule has 0 bridgehead atoms. The molecule has 1 aromatic heterocycles. The van der Waals surface area contributed by atoms with Crippen LogP contribution in [0.3, 0.4) is 0 Å². The minimum Gasteiger partial charge on any atom is -0.348 e. The van der Waals surface area contributed by atoms with Crippen molar-refractivity contribution in [2.45, 2.75) is 19.4 Å². The first-order valence-corrected chi connectivity index (χ1v) is 6.72. The van der Waals surface area contributed by atoms with Crippen molar-refractivity contribution in [1.82, 2.24) is 10.3 Å². The van der Waals surface area contributed by atoms with Crippen molar-refractivity contribution in [2.75, 3.05) is 12.0 Å². The van der Waals surface area contributed by atoms with E-state index in [-0.39, 0.29) is 11.9 Å². The molecule has 0 aliphatic heterocycles. The SMILES string of the molecule is CSCCC(C)NC(=O)c1ccc(C#N)cn1. The normalized spacial score (nSPS) is 11.6. The summed E-state index contributed by atoms with van der Waals surface area (Å²) in [6, 6.07) is 5.25. The lowest BCUT2D eigenvalue weighted by atomic mass is 10.2. The topological polar surface area (TPSA) is 65.8 Å². The summed E-state index contributed by atoms with van der Waals surface area (Å²) in [5.41, 5.74) is 0.803. The first-order chi connectivity index (χ1) is 8.17. The summed E-state index contributed by atoms with van der Waals surface area (Å²) in [7, 11) is 0. The predicted molar refractivity (Wildman–Crippen MR) is 68.9 cm³/mol. The molecule has 1 unspecified atom stereocenters. The van der Waals surface area contributed by atoms with Crippen LogP contribution in [0.15, 0.2) is 18.3 Å². The molecular weight excluding hydrogens is 234 g/mol. The van der Waals surface area contributed by atoms with Gasteiger partial charge in [-0.1, -0.05) is 0 Å². The fourth-order valence-corrected chi connectivity index (χ4v) is 1.85. The molecule has 1 atom stereocenters. The van der Waals surface area contributed by atoms with Crippen molar-refractivity contribution in [2.24, 2.45) is 0 Å². The molecule has 1 N–H and O–H groups in total. The average molecular weight is 249 g/mol. The number of pyridine rings is 1. The summed E-state index contributed by atoms with van der Waals surface area (Å²) < 4.78 is 0. The summed E-state index contributed by atoms with van der Waals surface area (Å²) in [5.74, 6) is 0.825. The number of hydrogen-bond acceptors (Lipinski definition) is 4. The van der Waals surface area contributed by atoms with Crippen LogP contribution in [0.4, 0.5) is 0 Å². The number of aromatic nitrogens is 1. The highest BCUT2D eigenvalue weighted by Gasteiger charge is 2.10. The first-order valence-electron chi connectivity index (χ1n) is 5.33. The minimum atomic E-state index is -0.192. The molecule has 0 aliphatic rings. The van der Waals surface area contributed by atoms with E-state index in [1.807, 2.05) is 19.2 Å². The van der Waals surface area contributed by atoms with Gasteiger partial charge in [-0.05, 0) is 37.5 Å². The van der Waals surface area contributed by atoms with Gasteiger partial charge in [0.05, 0.1) is 5.56 Å². The molecular formula is C12H15N3OS. The van der Waals surface area contributed by atoms with Gasteiger partial charge in [-0.25, -0.2) is 4.98 Å². The molecule has 0 spiro atoms. The third-order valence-corrected chi connectivity index (χ3v) is 2.90. The monoisotopic (exact) mass is 249 g/mol. The molecule has 0 fully saturated rings. The molecule has 90 valence electrons. The molecule has 0 aliphatic carbocycles. The smallest absolute Gasteiger partial charge is 0.270 e. The van der Waals surface area contributed by atoms with E-state index in [9.17, 15) is 4.79 Å². The molecule has 1 rings (SSSR count). The molecule has 4 nitrogen and oxygen atoms in total. The summed E-state index contributed by atoms with van der Waals surface area (Å²) in [5, 5.41) is 11.5. The second kappa shape index (κ2) is 6.92. The van der Waals surface area contributed by atoms with Crippen molar-refractivity contribution in [3.63, 3.8) is 0 Å². The molecule has 0 saturated carbocycles. The fraction of sp³-hybridized carbons (Fsp3) is 0.417. The highest BCUT2D eigenvalue weighted by atomic mass is 32.2. The number of amides is 1. The van der Waals surface area contributed by atoms with Crippen LogP contribution in [0.5, 0.6) is 0 Å². The number of nitrogens with one attached hydrogen (secondary N) is 1. The maximum Gasteiger partial charge on any atom is 0.270 e. The molecule has 5 heteroatoms. The van der Waals surface area contributed by atoms with Crippen LogP contribution in [-0.4, -0.2) is 28.9 Å². The Morgan fingerprint density at radius 2 is 2.41 bits per heavy atom. The lowest BCUT2D eigenvalue weighted by Gasteiger charge is -2.12. The molecule has 1 amide bonds. The Morgan fingerprint density at radius 1 is 1.65 bits per heavy atom. The van der Waals surface area contributed by atoms with Crippen LogP contribution in [0.1, 0.15) is 29.4 Å². The van der Waals surface area contributed by atoms with Gasteiger partial charge in [0, 0.05) is 12.2 Å². The second-order valence-corrected chi connectivity index (χ2v) is 4.69. The standard InChI is InChI=1S/C12H15N3OS/c1-9(5-6-17-2)15-12(16)11-4-3-10(7-13)8-14-11/h3-4,8-9H,5-6H2,1-2H3,(H,15,16). The van der Waals surface area contributed by atoms with Gasteiger partial charge in [-0.2, -0.15) is 17.0 Å². The Kier molecular flexibility index (Phi) is 5.50. The highest BCUT2D eigenvalue weighted by molar-refractivity contribution is 7.98. The Morgan fingerprint density at radius 3 is 2.94 bits per heavy atom. The van der Waals surface area contributed by atoms with Crippen LogP contribution < -0.4 is 5.32 Å². The van der Waals surface area contributed by atoms with Gasteiger partial charge in [0.1, 0.15) is 11.8 Å². The zero-order chi connectivity index (χ0) is 12.7. The van der Waals surface area contributed by atoms with Crippen LogP contribution in [0.25, 0.3) is 0 Å². The van der Waals surface area contributed by atoms with Crippen LogP contribution in [0.2, 0.25) is 0 Å². The Labute approximate surface area is 105 Å². The summed E-state index contributed by atoms with van der Waals surface area (Å²) >= 11 is 1.75. The maximum absolute atomic E-state index is 11.8. The van der Waals surface area contributed by atoms with E-state index in [2.05, 4.69) is 10.3 Å². The number of carbonyl (C=O) groups is 1. The number of nitrogens with zero attached hydrogens (tertiary/aromatic N) is 2. The van der Waals surface area contributed by atoms with E-state index in [1.165, 1.54) is 6.20 Å². The highest BCUT2D eigenvalue weighted by Crippen LogP contribution is 2.02. The number of nitriles is 1. The van der Waals surface area contributed by atoms with E-state index in [1.54, 1.807) is 23.9 Å². The van der Waals surface area contributed by atoms with Crippen LogP contribution in [0, 0.1) is 11.3 Å². The van der Waals surface area contributed by atoms with Gasteiger partial charge in [-0.3, -0.25) is 4.79 Å². The third kappa shape index (κ3) is 4.45.